The monoisotopic (exact) mass is 278 g/mol. The predicted octanol–water partition coefficient (Wildman–Crippen LogP) is 3.15. The van der Waals surface area contributed by atoms with Gasteiger partial charge in [-0.1, -0.05) is 35.9 Å². The molecule has 21 heavy (non-hydrogen) atoms. The Hall–Kier alpha value is -2.62. The van der Waals surface area contributed by atoms with Gasteiger partial charge in [-0.2, -0.15) is 5.10 Å². The van der Waals surface area contributed by atoms with E-state index in [1.54, 1.807) is 6.20 Å². The second-order valence-electron chi connectivity index (χ2n) is 5.16. The summed E-state index contributed by atoms with van der Waals surface area (Å²) in [6.07, 6.45) is 3.58. The average Bonchev–Trinajstić information content (AvgIpc) is 2.88. The molecule has 0 fully saturated rings. The van der Waals surface area contributed by atoms with E-state index >= 15 is 0 Å². The van der Waals surface area contributed by atoms with E-state index in [2.05, 4.69) is 46.4 Å². The van der Waals surface area contributed by atoms with Gasteiger partial charge in [0, 0.05) is 11.9 Å². The van der Waals surface area contributed by atoms with Crippen LogP contribution in [0.5, 0.6) is 0 Å². The van der Waals surface area contributed by atoms with Crippen molar-refractivity contribution in [1.82, 2.24) is 15.2 Å². The van der Waals surface area contributed by atoms with Crippen LogP contribution in [0.4, 0.5) is 5.82 Å². The molecule has 0 saturated heterocycles. The first kappa shape index (κ1) is 13.4. The number of hydrogen-bond acceptors (Lipinski definition) is 3. The normalized spacial score (nSPS) is 10.7. The smallest absolute Gasteiger partial charge is 0.154 e. The summed E-state index contributed by atoms with van der Waals surface area (Å²) in [5, 5.41) is 7.17. The maximum Gasteiger partial charge on any atom is 0.154 e. The third-order valence-corrected chi connectivity index (χ3v) is 3.57. The van der Waals surface area contributed by atoms with Crippen molar-refractivity contribution in [2.75, 3.05) is 5.73 Å². The molecule has 0 aliphatic heterocycles. The Kier molecular flexibility index (Phi) is 3.69. The number of aryl methyl sites for hydroxylation is 3. The number of nitrogen functional groups attached to an aromatic ring is 1. The number of aromatic amines is 1. The molecule has 0 bridgehead atoms. The Bertz CT molecular complexity index is 714. The topological polar surface area (TPSA) is 67.6 Å². The standard InChI is InChI=1S/C17H18N4/c1-12-5-7-13(8-6-12)9-10-15-16(17(18)21-20-15)14-4-2-3-11-19-14/h2-8,11H,9-10H2,1H3,(H3,18,20,21). The van der Waals surface area contributed by atoms with E-state index in [1.165, 1.54) is 11.1 Å². The number of rotatable bonds is 4. The van der Waals surface area contributed by atoms with Crippen molar-refractivity contribution in [3.63, 3.8) is 0 Å². The van der Waals surface area contributed by atoms with Crippen molar-refractivity contribution in [2.24, 2.45) is 0 Å². The first-order valence-electron chi connectivity index (χ1n) is 7.03. The van der Waals surface area contributed by atoms with Crippen molar-refractivity contribution in [3.05, 3.63) is 65.5 Å². The van der Waals surface area contributed by atoms with Gasteiger partial charge in [0.2, 0.25) is 0 Å². The molecule has 0 spiro atoms. The lowest BCUT2D eigenvalue weighted by Crippen LogP contribution is -1.96. The molecule has 3 aromatic rings. The maximum atomic E-state index is 5.98. The van der Waals surface area contributed by atoms with Crippen molar-refractivity contribution >= 4 is 5.82 Å². The highest BCUT2D eigenvalue weighted by Crippen LogP contribution is 2.26. The van der Waals surface area contributed by atoms with Crippen LogP contribution in [0.15, 0.2) is 48.7 Å². The highest BCUT2D eigenvalue weighted by atomic mass is 15.2. The summed E-state index contributed by atoms with van der Waals surface area (Å²) in [5.41, 5.74) is 11.4. The summed E-state index contributed by atoms with van der Waals surface area (Å²) >= 11 is 0. The Balaban J connectivity index is 1.82. The van der Waals surface area contributed by atoms with E-state index in [9.17, 15) is 0 Å². The number of pyridine rings is 1. The molecule has 0 radical (unpaired) electrons. The molecule has 4 heteroatoms. The zero-order valence-electron chi connectivity index (χ0n) is 12.0. The van der Waals surface area contributed by atoms with Gasteiger partial charge < -0.3 is 5.73 Å². The van der Waals surface area contributed by atoms with Crippen molar-refractivity contribution < 1.29 is 0 Å². The van der Waals surface area contributed by atoms with Gasteiger partial charge in [0.25, 0.3) is 0 Å². The second kappa shape index (κ2) is 5.79. The summed E-state index contributed by atoms with van der Waals surface area (Å²) in [6, 6.07) is 14.4. The van der Waals surface area contributed by atoms with Crippen LogP contribution in [0.3, 0.4) is 0 Å². The Labute approximate surface area is 124 Å². The van der Waals surface area contributed by atoms with Crippen LogP contribution < -0.4 is 5.73 Å². The van der Waals surface area contributed by atoms with E-state index in [1.807, 2.05) is 18.2 Å². The summed E-state index contributed by atoms with van der Waals surface area (Å²) in [7, 11) is 0. The number of H-pyrrole nitrogens is 1. The lowest BCUT2D eigenvalue weighted by atomic mass is 10.0. The van der Waals surface area contributed by atoms with Gasteiger partial charge in [-0.05, 0) is 37.5 Å². The zero-order chi connectivity index (χ0) is 14.7. The first-order chi connectivity index (χ1) is 10.2. The summed E-state index contributed by atoms with van der Waals surface area (Å²) < 4.78 is 0. The Morgan fingerprint density at radius 2 is 1.86 bits per heavy atom. The van der Waals surface area contributed by atoms with Gasteiger partial charge in [0.15, 0.2) is 5.82 Å². The van der Waals surface area contributed by atoms with Gasteiger partial charge in [-0.3, -0.25) is 10.1 Å². The molecule has 2 heterocycles. The Morgan fingerprint density at radius 1 is 1.05 bits per heavy atom. The predicted molar refractivity (Wildman–Crippen MR) is 84.8 cm³/mol. The number of nitrogens with one attached hydrogen (secondary N) is 1. The largest absolute Gasteiger partial charge is 0.382 e. The summed E-state index contributed by atoms with van der Waals surface area (Å²) in [5.74, 6) is 0.507. The van der Waals surface area contributed by atoms with Gasteiger partial charge in [-0.25, -0.2) is 0 Å². The van der Waals surface area contributed by atoms with E-state index in [4.69, 9.17) is 5.73 Å². The molecular formula is C17H18N4. The van der Waals surface area contributed by atoms with E-state index in [-0.39, 0.29) is 0 Å². The third kappa shape index (κ3) is 2.94. The van der Waals surface area contributed by atoms with Crippen LogP contribution in [0.2, 0.25) is 0 Å². The van der Waals surface area contributed by atoms with Crippen LogP contribution in [0.25, 0.3) is 11.3 Å². The van der Waals surface area contributed by atoms with Crippen LogP contribution >= 0.6 is 0 Å². The summed E-state index contributed by atoms with van der Waals surface area (Å²) in [4.78, 5) is 4.37. The van der Waals surface area contributed by atoms with E-state index < -0.39 is 0 Å². The molecule has 0 saturated carbocycles. The third-order valence-electron chi connectivity index (χ3n) is 3.57. The number of aromatic nitrogens is 3. The molecule has 106 valence electrons. The average molecular weight is 278 g/mol. The van der Waals surface area contributed by atoms with Crippen molar-refractivity contribution in [1.29, 1.82) is 0 Å². The fourth-order valence-corrected chi connectivity index (χ4v) is 2.40. The van der Waals surface area contributed by atoms with Gasteiger partial charge in [0.1, 0.15) is 0 Å². The van der Waals surface area contributed by atoms with E-state index in [0.717, 1.165) is 29.8 Å². The molecule has 3 rings (SSSR count). The Morgan fingerprint density at radius 3 is 2.57 bits per heavy atom. The number of nitrogens with zero attached hydrogens (tertiary/aromatic N) is 2. The lowest BCUT2D eigenvalue weighted by Gasteiger charge is -2.04. The molecule has 0 atom stereocenters. The molecule has 0 unspecified atom stereocenters. The molecule has 0 aliphatic carbocycles. The number of benzene rings is 1. The molecule has 0 amide bonds. The maximum absolute atomic E-state index is 5.98. The SMILES string of the molecule is Cc1ccc(CCc2[nH]nc(N)c2-c2ccccn2)cc1. The number of nitrogens with two attached hydrogens (primary N) is 1. The quantitative estimate of drug-likeness (QED) is 0.770. The highest BCUT2D eigenvalue weighted by Gasteiger charge is 2.13. The van der Waals surface area contributed by atoms with Crippen LogP contribution in [-0.4, -0.2) is 15.2 Å². The minimum Gasteiger partial charge on any atom is -0.382 e. The zero-order valence-corrected chi connectivity index (χ0v) is 12.0. The van der Waals surface area contributed by atoms with Gasteiger partial charge in [0.05, 0.1) is 11.3 Å². The first-order valence-corrected chi connectivity index (χ1v) is 7.03. The lowest BCUT2D eigenvalue weighted by molar-refractivity contribution is 0.894. The van der Waals surface area contributed by atoms with Crippen LogP contribution in [-0.2, 0) is 12.8 Å². The molecule has 1 aromatic carbocycles. The van der Waals surface area contributed by atoms with Crippen LogP contribution in [0, 0.1) is 6.92 Å². The highest BCUT2D eigenvalue weighted by molar-refractivity contribution is 5.73. The molecule has 2 aromatic heterocycles. The van der Waals surface area contributed by atoms with Crippen molar-refractivity contribution in [2.45, 2.75) is 19.8 Å². The minimum atomic E-state index is 0.507. The number of anilines is 1. The summed E-state index contributed by atoms with van der Waals surface area (Å²) in [6.45, 7) is 2.10. The molecule has 0 aliphatic rings. The minimum absolute atomic E-state index is 0.507. The second-order valence-corrected chi connectivity index (χ2v) is 5.16. The fraction of sp³-hybridized carbons (Fsp3) is 0.176. The molecule has 3 N–H and O–H groups in total. The van der Waals surface area contributed by atoms with Crippen LogP contribution in [0.1, 0.15) is 16.8 Å². The number of hydrogen-bond donors (Lipinski definition) is 2. The molecular weight excluding hydrogens is 260 g/mol. The van der Waals surface area contributed by atoms with Gasteiger partial charge >= 0.3 is 0 Å². The van der Waals surface area contributed by atoms with E-state index in [0.29, 0.717) is 5.82 Å². The fourth-order valence-electron chi connectivity index (χ4n) is 2.40. The molecule has 4 nitrogen and oxygen atoms in total. The van der Waals surface area contributed by atoms with Crippen molar-refractivity contribution in [3.8, 4) is 11.3 Å². The van der Waals surface area contributed by atoms with Gasteiger partial charge in [-0.15, -0.1) is 0 Å².